The average molecular weight is 649 g/mol. The summed E-state index contributed by atoms with van der Waals surface area (Å²) >= 11 is 3.13. The van der Waals surface area contributed by atoms with Crippen LogP contribution in [-0.2, 0) is 34.5 Å². The molecule has 0 spiro atoms. The van der Waals surface area contributed by atoms with Gasteiger partial charge in [0, 0.05) is 26.5 Å². The Morgan fingerprint density at radius 3 is 2.08 bits per heavy atom. The highest BCUT2D eigenvalue weighted by Gasteiger charge is 2.70. The number of carbonyl (C=O) groups is 2. The molecule has 40 heavy (non-hydrogen) atoms. The fourth-order valence-corrected chi connectivity index (χ4v) is 6.17. The molecule has 0 bridgehead atoms. The minimum Gasteiger partial charge on any atom is -0.465 e. The van der Waals surface area contributed by atoms with Crippen LogP contribution < -0.4 is 0 Å². The third-order valence-electron chi connectivity index (χ3n) is 6.21. The van der Waals surface area contributed by atoms with Crippen molar-refractivity contribution in [2.45, 2.75) is 37.3 Å². The van der Waals surface area contributed by atoms with Crippen LogP contribution in [-0.4, -0.2) is 55.2 Å². The molecule has 15 heteroatoms. The van der Waals surface area contributed by atoms with Crippen LogP contribution in [0.25, 0.3) is 10.9 Å². The molecule has 0 unspecified atom stereocenters. The van der Waals surface area contributed by atoms with Crippen LogP contribution in [0.4, 0.5) is 13.2 Å². The van der Waals surface area contributed by atoms with Gasteiger partial charge >= 0.3 is 18.1 Å². The Kier molecular flexibility index (Phi) is 8.99. The maximum atomic E-state index is 15.3. The zero-order chi connectivity index (χ0) is 30.0. The van der Waals surface area contributed by atoms with Crippen LogP contribution >= 0.6 is 15.9 Å². The van der Waals surface area contributed by atoms with E-state index in [-0.39, 0.29) is 14.9 Å². The van der Waals surface area contributed by atoms with Crippen molar-refractivity contribution in [1.29, 1.82) is 0 Å². The molecule has 1 heterocycles. The summed E-state index contributed by atoms with van der Waals surface area (Å²) in [5, 5.41) is 11.4. The second-order valence-corrected chi connectivity index (χ2v) is 11.4. The van der Waals surface area contributed by atoms with Crippen molar-refractivity contribution < 1.29 is 45.6 Å². The Morgan fingerprint density at radius 2 is 1.60 bits per heavy atom. The highest BCUT2D eigenvalue weighted by atomic mass is 79.9. The highest BCUT2D eigenvalue weighted by molar-refractivity contribution is 9.10. The van der Waals surface area contributed by atoms with Crippen molar-refractivity contribution in [1.82, 2.24) is 3.97 Å². The van der Waals surface area contributed by atoms with Gasteiger partial charge in [-0.25, -0.2) is 12.4 Å². The number of rotatable bonds is 10. The SMILES string of the molecule is CCOC(=O)C(C(=O)OCC)[C@](C[N+](=O)[O-])(c1cn(S(=O)(=O)c2ccc(C)cc2)c2ccc(Br)cc12)C(F)(F)F. The van der Waals surface area contributed by atoms with Crippen LogP contribution in [0, 0.1) is 23.0 Å². The summed E-state index contributed by atoms with van der Waals surface area (Å²) in [4.78, 5) is 36.2. The van der Waals surface area contributed by atoms with E-state index in [2.05, 4.69) is 15.9 Å². The van der Waals surface area contributed by atoms with Gasteiger partial charge in [0.2, 0.25) is 6.54 Å². The van der Waals surface area contributed by atoms with Crippen LogP contribution in [0.15, 0.2) is 58.0 Å². The summed E-state index contributed by atoms with van der Waals surface area (Å²) in [7, 11) is -4.56. The van der Waals surface area contributed by atoms with Gasteiger partial charge in [-0.3, -0.25) is 19.7 Å². The Hall–Kier alpha value is -3.46. The van der Waals surface area contributed by atoms with E-state index in [1.54, 1.807) is 6.92 Å². The Labute approximate surface area is 235 Å². The topological polar surface area (TPSA) is 135 Å². The Bertz CT molecular complexity index is 1540. The quantitative estimate of drug-likeness (QED) is 0.133. The molecule has 0 saturated carbocycles. The van der Waals surface area contributed by atoms with E-state index in [0.717, 1.165) is 11.6 Å². The van der Waals surface area contributed by atoms with E-state index in [0.29, 0.717) is 10.2 Å². The molecule has 0 aliphatic rings. The van der Waals surface area contributed by atoms with E-state index < -0.39 is 75.1 Å². The van der Waals surface area contributed by atoms with Gasteiger partial charge in [-0.2, -0.15) is 13.2 Å². The molecule has 0 aliphatic carbocycles. The maximum absolute atomic E-state index is 15.3. The predicted octanol–water partition coefficient (Wildman–Crippen LogP) is 4.77. The minimum absolute atomic E-state index is 0.202. The maximum Gasteiger partial charge on any atom is 0.406 e. The number of ether oxygens (including phenoxy) is 2. The lowest BCUT2D eigenvalue weighted by atomic mass is 9.69. The minimum atomic E-state index is -5.65. The molecular weight excluding hydrogens is 625 g/mol. The van der Waals surface area contributed by atoms with E-state index in [4.69, 9.17) is 9.47 Å². The summed E-state index contributed by atoms with van der Waals surface area (Å²) in [6, 6.07) is 9.17. The van der Waals surface area contributed by atoms with Gasteiger partial charge in [0.05, 0.1) is 23.6 Å². The normalized spacial score (nSPS) is 13.7. The summed E-state index contributed by atoms with van der Waals surface area (Å²) < 4.78 is 83.4. The number of aryl methyl sites for hydroxylation is 1. The molecule has 0 aliphatic heterocycles. The summed E-state index contributed by atoms with van der Waals surface area (Å²) in [6.07, 6.45) is -5.09. The molecule has 0 fully saturated rings. The van der Waals surface area contributed by atoms with Gasteiger partial charge in [-0.05, 0) is 51.1 Å². The zero-order valence-electron chi connectivity index (χ0n) is 21.4. The molecule has 0 amide bonds. The standard InChI is InChI=1S/C25H24BrF3N2O8S/c1-4-38-22(32)21(23(33)39-5-2)24(14-31(34)35,25(27,28)29)19-13-30(20-11-8-16(26)12-18(19)20)40(36,37)17-9-6-15(3)7-10-17/h6-13,21H,4-5,14H2,1-3H3/t24-/m0/s1. The van der Waals surface area contributed by atoms with Crippen molar-refractivity contribution in [2.24, 2.45) is 5.92 Å². The number of nitro groups is 1. The monoisotopic (exact) mass is 648 g/mol. The molecule has 1 atom stereocenters. The number of benzene rings is 2. The first kappa shape index (κ1) is 31.1. The average Bonchev–Trinajstić information content (AvgIpc) is 3.23. The smallest absolute Gasteiger partial charge is 0.406 e. The molecule has 3 aromatic rings. The summed E-state index contributed by atoms with van der Waals surface area (Å²) in [5.74, 6) is -6.31. The fourth-order valence-electron chi connectivity index (χ4n) is 4.44. The molecule has 2 aromatic carbocycles. The fraction of sp³-hybridized carbons (Fsp3) is 0.360. The van der Waals surface area contributed by atoms with Gasteiger partial charge in [0.25, 0.3) is 10.0 Å². The van der Waals surface area contributed by atoms with Crippen molar-refractivity contribution in [3.63, 3.8) is 0 Å². The third-order valence-corrected chi connectivity index (χ3v) is 8.39. The molecule has 10 nitrogen and oxygen atoms in total. The van der Waals surface area contributed by atoms with Gasteiger partial charge < -0.3 is 9.47 Å². The number of fused-ring (bicyclic) bond motifs is 1. The van der Waals surface area contributed by atoms with Crippen LogP contribution in [0.3, 0.4) is 0 Å². The first-order chi connectivity index (χ1) is 18.6. The molecule has 216 valence electrons. The number of hydrogen-bond acceptors (Lipinski definition) is 8. The molecule has 0 N–H and O–H groups in total. The molecule has 1 aromatic heterocycles. The number of nitrogens with zero attached hydrogens (tertiary/aromatic N) is 2. The summed E-state index contributed by atoms with van der Waals surface area (Å²) in [5.41, 5.74) is -4.44. The lowest BCUT2D eigenvalue weighted by molar-refractivity contribution is -0.503. The molecular formula is C25H24BrF3N2O8S. The molecule has 3 rings (SSSR count). The van der Waals surface area contributed by atoms with Gasteiger partial charge in [-0.1, -0.05) is 33.6 Å². The summed E-state index contributed by atoms with van der Waals surface area (Å²) in [6.45, 7) is 1.36. The number of esters is 2. The number of aromatic nitrogens is 1. The van der Waals surface area contributed by atoms with E-state index in [1.165, 1.54) is 50.2 Å². The Morgan fingerprint density at radius 1 is 1.05 bits per heavy atom. The van der Waals surface area contributed by atoms with Gasteiger partial charge in [0.1, 0.15) is 0 Å². The molecule has 0 saturated heterocycles. The lowest BCUT2D eigenvalue weighted by Crippen LogP contribution is -2.58. The van der Waals surface area contributed by atoms with E-state index in [1.807, 2.05) is 0 Å². The largest absolute Gasteiger partial charge is 0.465 e. The van der Waals surface area contributed by atoms with Gasteiger partial charge in [-0.15, -0.1) is 0 Å². The predicted molar refractivity (Wildman–Crippen MR) is 140 cm³/mol. The van der Waals surface area contributed by atoms with Crippen molar-refractivity contribution in [3.8, 4) is 0 Å². The van der Waals surface area contributed by atoms with Gasteiger partial charge in [0.15, 0.2) is 11.3 Å². The second kappa shape index (κ2) is 11.6. The van der Waals surface area contributed by atoms with E-state index >= 15 is 13.2 Å². The number of halogens is 4. The lowest BCUT2D eigenvalue weighted by Gasteiger charge is -2.36. The van der Waals surface area contributed by atoms with Crippen molar-refractivity contribution in [2.75, 3.05) is 19.8 Å². The molecule has 0 radical (unpaired) electrons. The second-order valence-electron chi connectivity index (χ2n) is 8.72. The van der Waals surface area contributed by atoms with Crippen LogP contribution in [0.5, 0.6) is 0 Å². The van der Waals surface area contributed by atoms with Crippen LogP contribution in [0.1, 0.15) is 25.0 Å². The van der Waals surface area contributed by atoms with Crippen molar-refractivity contribution >= 4 is 48.8 Å². The van der Waals surface area contributed by atoms with E-state index in [9.17, 15) is 28.1 Å². The van der Waals surface area contributed by atoms with Crippen LogP contribution in [0.2, 0.25) is 0 Å². The number of alkyl halides is 3. The first-order valence-electron chi connectivity index (χ1n) is 11.8. The number of carbonyl (C=O) groups excluding carboxylic acids is 2. The number of hydrogen-bond donors (Lipinski definition) is 0. The Balaban J connectivity index is 2.55. The third kappa shape index (κ3) is 5.57. The highest BCUT2D eigenvalue weighted by Crippen LogP contribution is 2.51. The zero-order valence-corrected chi connectivity index (χ0v) is 23.8. The van der Waals surface area contributed by atoms with Crippen molar-refractivity contribution in [3.05, 3.63) is 74.4 Å². The first-order valence-corrected chi connectivity index (χ1v) is 14.0.